The molecule has 96 valence electrons. The van der Waals surface area contributed by atoms with Crippen LogP contribution in [0, 0.1) is 5.82 Å². The van der Waals surface area contributed by atoms with E-state index in [2.05, 4.69) is 14.9 Å². The molecule has 0 spiro atoms. The Labute approximate surface area is 108 Å². The second-order valence-electron chi connectivity index (χ2n) is 2.92. The highest BCUT2D eigenvalue weighted by molar-refractivity contribution is 6.30. The number of carbonyl (C=O) groups excluding carboxylic acids is 1. The highest BCUT2D eigenvalue weighted by Crippen LogP contribution is 2.22. The van der Waals surface area contributed by atoms with E-state index in [0.717, 1.165) is 0 Å². The van der Waals surface area contributed by atoms with Gasteiger partial charge in [0.2, 0.25) is 12.3 Å². The molecule has 1 aromatic heterocycles. The van der Waals surface area contributed by atoms with E-state index in [0.29, 0.717) is 18.6 Å². The molecule has 0 amide bonds. The van der Waals surface area contributed by atoms with E-state index < -0.39 is 5.82 Å². The topological polar surface area (TPSA) is 65.2 Å². The van der Waals surface area contributed by atoms with Crippen LogP contribution in [-0.2, 0) is 9.53 Å². The fourth-order valence-electron chi connectivity index (χ4n) is 0.996. The Morgan fingerprint density at radius 2 is 2.33 bits per heavy atom. The molecule has 0 fully saturated rings. The van der Waals surface area contributed by atoms with E-state index in [-0.39, 0.29) is 10.9 Å². The number of aromatic nitrogens is 2. The van der Waals surface area contributed by atoms with Crippen LogP contribution < -0.4 is 0 Å². The van der Waals surface area contributed by atoms with Crippen molar-refractivity contribution in [1.29, 1.82) is 0 Å². The number of benzene rings is 1. The van der Waals surface area contributed by atoms with Crippen molar-refractivity contribution in [3.8, 4) is 11.5 Å². The van der Waals surface area contributed by atoms with Crippen molar-refractivity contribution in [2.75, 3.05) is 6.61 Å². The van der Waals surface area contributed by atoms with Gasteiger partial charge in [-0.3, -0.25) is 4.79 Å². The van der Waals surface area contributed by atoms with Gasteiger partial charge in [-0.1, -0.05) is 11.6 Å². The zero-order valence-electron chi connectivity index (χ0n) is 9.47. The zero-order valence-corrected chi connectivity index (χ0v) is 10.2. The lowest BCUT2D eigenvalue weighted by atomic mass is 10.2. The van der Waals surface area contributed by atoms with Gasteiger partial charge < -0.3 is 9.15 Å². The predicted octanol–water partition coefficient (Wildman–Crippen LogP) is 2.71. The third kappa shape index (κ3) is 4.14. The second kappa shape index (κ2) is 7.39. The van der Waals surface area contributed by atoms with Crippen molar-refractivity contribution in [2.24, 2.45) is 0 Å². The van der Waals surface area contributed by atoms with Crippen LogP contribution in [0.2, 0.25) is 5.02 Å². The molecule has 2 rings (SSSR count). The first-order chi connectivity index (χ1) is 8.69. The Morgan fingerprint density at radius 3 is 2.78 bits per heavy atom. The molecular weight excluding hydrogens is 263 g/mol. The van der Waals surface area contributed by atoms with Gasteiger partial charge in [-0.15, -0.1) is 10.2 Å². The van der Waals surface area contributed by atoms with Crippen molar-refractivity contribution in [1.82, 2.24) is 10.2 Å². The quantitative estimate of drug-likeness (QED) is 0.804. The molecule has 18 heavy (non-hydrogen) atoms. The first-order valence-electron chi connectivity index (χ1n) is 4.95. The average molecular weight is 273 g/mol. The van der Waals surface area contributed by atoms with Gasteiger partial charge in [0.25, 0.3) is 6.47 Å². The first kappa shape index (κ1) is 14.1. The van der Waals surface area contributed by atoms with Gasteiger partial charge in [0, 0.05) is 5.56 Å². The summed E-state index contributed by atoms with van der Waals surface area (Å²) in [4.78, 5) is 9.18. The standard InChI is InChI=1S/C8H4ClFN2O.C3H6O2/c9-6-2-1-5(3-7(6)10)8-12-11-4-13-8;1-2-5-3-4/h1-4H;3H,2H2,1H3. The van der Waals surface area contributed by atoms with Gasteiger partial charge in [-0.2, -0.15) is 0 Å². The summed E-state index contributed by atoms with van der Waals surface area (Å²) in [5, 5.41) is 7.18. The maximum atomic E-state index is 12.9. The maximum Gasteiger partial charge on any atom is 0.293 e. The molecule has 5 nitrogen and oxygen atoms in total. The third-order valence-corrected chi connectivity index (χ3v) is 2.07. The van der Waals surface area contributed by atoms with Crippen LogP contribution in [0.3, 0.4) is 0 Å². The van der Waals surface area contributed by atoms with Gasteiger partial charge in [0.1, 0.15) is 5.82 Å². The lowest BCUT2D eigenvalue weighted by molar-refractivity contribution is -0.128. The molecule has 0 atom stereocenters. The Kier molecular flexibility index (Phi) is 5.79. The molecule has 0 aliphatic heterocycles. The number of halogens is 2. The molecule has 0 saturated heterocycles. The van der Waals surface area contributed by atoms with E-state index in [1.807, 2.05) is 0 Å². The van der Waals surface area contributed by atoms with Gasteiger partial charge in [-0.25, -0.2) is 4.39 Å². The summed E-state index contributed by atoms with van der Waals surface area (Å²) in [6, 6.07) is 4.30. The predicted molar refractivity (Wildman–Crippen MR) is 62.4 cm³/mol. The molecule has 0 saturated carbocycles. The summed E-state index contributed by atoms with van der Waals surface area (Å²) in [6.07, 6.45) is 1.18. The summed E-state index contributed by atoms with van der Waals surface area (Å²) >= 11 is 5.50. The van der Waals surface area contributed by atoms with Crippen molar-refractivity contribution < 1.29 is 18.3 Å². The molecule has 0 aliphatic rings. The normalized spacial score (nSPS) is 9.28. The Balaban J connectivity index is 0.000000280. The van der Waals surface area contributed by atoms with Crippen LogP contribution in [-0.4, -0.2) is 23.3 Å². The van der Waals surface area contributed by atoms with Crippen molar-refractivity contribution >= 4 is 18.1 Å². The number of nitrogens with zero attached hydrogens (tertiary/aromatic N) is 2. The van der Waals surface area contributed by atoms with Crippen LogP contribution in [0.15, 0.2) is 29.0 Å². The van der Waals surface area contributed by atoms with E-state index in [9.17, 15) is 9.18 Å². The number of hydrogen-bond acceptors (Lipinski definition) is 5. The highest BCUT2D eigenvalue weighted by Gasteiger charge is 2.06. The summed E-state index contributed by atoms with van der Waals surface area (Å²) < 4.78 is 22.0. The van der Waals surface area contributed by atoms with E-state index in [1.54, 1.807) is 13.0 Å². The largest absolute Gasteiger partial charge is 0.468 e. The van der Waals surface area contributed by atoms with Crippen LogP contribution in [0.4, 0.5) is 4.39 Å². The lowest BCUT2D eigenvalue weighted by Crippen LogP contribution is -1.81. The maximum absolute atomic E-state index is 12.9. The molecule has 7 heteroatoms. The van der Waals surface area contributed by atoms with E-state index >= 15 is 0 Å². The molecule has 1 heterocycles. The summed E-state index contributed by atoms with van der Waals surface area (Å²) in [5.74, 6) is -0.229. The van der Waals surface area contributed by atoms with Crippen LogP contribution in [0.5, 0.6) is 0 Å². The summed E-state index contributed by atoms with van der Waals surface area (Å²) in [6.45, 7) is 2.66. The highest BCUT2D eigenvalue weighted by atomic mass is 35.5. The number of hydrogen-bond donors (Lipinski definition) is 0. The first-order valence-corrected chi connectivity index (χ1v) is 5.33. The van der Waals surface area contributed by atoms with Crippen molar-refractivity contribution in [3.63, 3.8) is 0 Å². The fourth-order valence-corrected chi connectivity index (χ4v) is 1.11. The third-order valence-electron chi connectivity index (χ3n) is 1.76. The smallest absolute Gasteiger partial charge is 0.293 e. The number of rotatable bonds is 3. The van der Waals surface area contributed by atoms with Crippen molar-refractivity contribution in [3.05, 3.63) is 35.4 Å². The Bertz CT molecular complexity index is 491. The second-order valence-corrected chi connectivity index (χ2v) is 3.33. The van der Waals surface area contributed by atoms with Crippen LogP contribution >= 0.6 is 11.6 Å². The van der Waals surface area contributed by atoms with Gasteiger partial charge in [0.15, 0.2) is 0 Å². The monoisotopic (exact) mass is 272 g/mol. The minimum absolute atomic E-state index is 0.0725. The molecule has 2 aromatic rings. The molecule has 0 radical (unpaired) electrons. The molecule has 0 bridgehead atoms. The number of ether oxygens (including phenoxy) is 1. The SMILES string of the molecule is CCOC=O.Fc1cc(-c2nnco2)ccc1Cl. The summed E-state index contributed by atoms with van der Waals surface area (Å²) in [7, 11) is 0. The van der Waals surface area contributed by atoms with Crippen molar-refractivity contribution in [2.45, 2.75) is 6.92 Å². The molecule has 1 aromatic carbocycles. The van der Waals surface area contributed by atoms with Crippen LogP contribution in [0.25, 0.3) is 11.5 Å². The average Bonchev–Trinajstić information content (AvgIpc) is 2.88. The minimum atomic E-state index is -0.502. The molecule has 0 unspecified atom stereocenters. The Morgan fingerprint density at radius 1 is 1.56 bits per heavy atom. The van der Waals surface area contributed by atoms with Crippen LogP contribution in [0.1, 0.15) is 6.92 Å². The van der Waals surface area contributed by atoms with E-state index in [1.165, 1.54) is 18.5 Å². The lowest BCUT2D eigenvalue weighted by Gasteiger charge is -1.95. The molecular formula is C11H10ClFN2O3. The summed E-state index contributed by atoms with van der Waals surface area (Å²) in [5.41, 5.74) is 0.513. The molecule has 0 N–H and O–H groups in total. The fraction of sp³-hybridized carbons (Fsp3) is 0.182. The minimum Gasteiger partial charge on any atom is -0.468 e. The zero-order chi connectivity index (χ0) is 13.4. The van der Waals surface area contributed by atoms with E-state index in [4.69, 9.17) is 16.0 Å². The molecule has 0 aliphatic carbocycles. The van der Waals surface area contributed by atoms with Gasteiger partial charge in [0.05, 0.1) is 11.6 Å². The number of carbonyl (C=O) groups is 1. The van der Waals surface area contributed by atoms with Gasteiger partial charge >= 0.3 is 0 Å². The Hall–Kier alpha value is -1.95. The van der Waals surface area contributed by atoms with Gasteiger partial charge in [-0.05, 0) is 25.1 Å².